The zero-order valence-electron chi connectivity index (χ0n) is 9.66. The van der Waals surface area contributed by atoms with Gasteiger partial charge in [-0.25, -0.2) is 0 Å². The SMILES string of the molecule is Cc1ccc([C@@H]2CNC[C@H]2C(=O)O)cc1C. The number of hydrogen-bond acceptors (Lipinski definition) is 2. The Morgan fingerprint density at radius 2 is 2.06 bits per heavy atom. The van der Waals surface area contributed by atoms with E-state index in [4.69, 9.17) is 5.11 Å². The Labute approximate surface area is 95.5 Å². The monoisotopic (exact) mass is 219 g/mol. The lowest BCUT2D eigenvalue weighted by molar-refractivity contribution is -0.141. The van der Waals surface area contributed by atoms with Gasteiger partial charge in [0, 0.05) is 19.0 Å². The zero-order valence-corrected chi connectivity index (χ0v) is 9.66. The molecule has 16 heavy (non-hydrogen) atoms. The molecule has 3 heteroatoms. The Balaban J connectivity index is 2.29. The number of carboxylic acids is 1. The van der Waals surface area contributed by atoms with E-state index in [9.17, 15) is 4.79 Å². The van der Waals surface area contributed by atoms with Crippen molar-refractivity contribution in [2.75, 3.05) is 13.1 Å². The van der Waals surface area contributed by atoms with Gasteiger partial charge in [-0.3, -0.25) is 4.79 Å². The van der Waals surface area contributed by atoms with Crippen LogP contribution >= 0.6 is 0 Å². The van der Waals surface area contributed by atoms with Crippen molar-refractivity contribution in [3.8, 4) is 0 Å². The van der Waals surface area contributed by atoms with Crippen LogP contribution in [0.3, 0.4) is 0 Å². The van der Waals surface area contributed by atoms with Crippen LogP contribution in [0.2, 0.25) is 0 Å². The fourth-order valence-corrected chi connectivity index (χ4v) is 2.28. The second-order valence-electron chi connectivity index (χ2n) is 4.55. The van der Waals surface area contributed by atoms with Gasteiger partial charge in [0.1, 0.15) is 0 Å². The Kier molecular flexibility index (Phi) is 2.97. The molecular weight excluding hydrogens is 202 g/mol. The lowest BCUT2D eigenvalue weighted by Gasteiger charge is -2.16. The number of aliphatic carboxylic acids is 1. The van der Waals surface area contributed by atoms with Gasteiger partial charge in [-0.15, -0.1) is 0 Å². The van der Waals surface area contributed by atoms with Crippen LogP contribution in [-0.2, 0) is 4.79 Å². The zero-order chi connectivity index (χ0) is 11.7. The van der Waals surface area contributed by atoms with Crippen molar-refractivity contribution in [1.82, 2.24) is 5.32 Å². The molecule has 0 aromatic heterocycles. The van der Waals surface area contributed by atoms with Gasteiger partial charge >= 0.3 is 5.97 Å². The highest BCUT2D eigenvalue weighted by molar-refractivity contribution is 5.72. The van der Waals surface area contributed by atoms with Crippen LogP contribution in [-0.4, -0.2) is 24.2 Å². The maximum atomic E-state index is 11.1. The van der Waals surface area contributed by atoms with Crippen LogP contribution in [0.25, 0.3) is 0 Å². The fourth-order valence-electron chi connectivity index (χ4n) is 2.28. The van der Waals surface area contributed by atoms with E-state index in [1.54, 1.807) is 0 Å². The molecule has 0 spiro atoms. The van der Waals surface area contributed by atoms with Gasteiger partial charge in [0.25, 0.3) is 0 Å². The number of hydrogen-bond donors (Lipinski definition) is 2. The minimum absolute atomic E-state index is 0.108. The second kappa shape index (κ2) is 4.26. The summed E-state index contributed by atoms with van der Waals surface area (Å²) in [5.41, 5.74) is 3.62. The van der Waals surface area contributed by atoms with Gasteiger partial charge in [-0.1, -0.05) is 18.2 Å². The molecule has 1 saturated heterocycles. The van der Waals surface area contributed by atoms with Gasteiger partial charge in [0.05, 0.1) is 5.92 Å². The van der Waals surface area contributed by atoms with Crippen molar-refractivity contribution in [2.24, 2.45) is 5.92 Å². The number of nitrogens with one attached hydrogen (secondary N) is 1. The summed E-state index contributed by atoms with van der Waals surface area (Å²) < 4.78 is 0. The molecular formula is C13H17NO2. The van der Waals surface area contributed by atoms with E-state index in [2.05, 4.69) is 37.4 Å². The lowest BCUT2D eigenvalue weighted by Crippen LogP contribution is -2.21. The van der Waals surface area contributed by atoms with Crippen molar-refractivity contribution >= 4 is 5.97 Å². The maximum Gasteiger partial charge on any atom is 0.308 e. The molecule has 1 aliphatic heterocycles. The third-order valence-corrected chi connectivity index (χ3v) is 3.49. The summed E-state index contributed by atoms with van der Waals surface area (Å²) in [6.07, 6.45) is 0. The minimum Gasteiger partial charge on any atom is -0.481 e. The van der Waals surface area contributed by atoms with Gasteiger partial charge in [-0.05, 0) is 30.5 Å². The molecule has 2 atom stereocenters. The average molecular weight is 219 g/mol. The van der Waals surface area contributed by atoms with E-state index >= 15 is 0 Å². The fraction of sp³-hybridized carbons (Fsp3) is 0.462. The van der Waals surface area contributed by atoms with Gasteiger partial charge in [0.2, 0.25) is 0 Å². The first-order valence-electron chi connectivity index (χ1n) is 5.60. The number of aryl methyl sites for hydroxylation is 2. The first kappa shape index (κ1) is 11.1. The topological polar surface area (TPSA) is 49.3 Å². The molecule has 0 bridgehead atoms. The Morgan fingerprint density at radius 1 is 1.31 bits per heavy atom. The van der Waals surface area contributed by atoms with Crippen molar-refractivity contribution in [3.63, 3.8) is 0 Å². The van der Waals surface area contributed by atoms with E-state index in [0.717, 1.165) is 12.1 Å². The van der Waals surface area contributed by atoms with E-state index < -0.39 is 5.97 Å². The number of carbonyl (C=O) groups is 1. The summed E-state index contributed by atoms with van der Waals surface area (Å²) in [5.74, 6) is -0.882. The number of carboxylic acid groups (broad SMARTS) is 1. The van der Waals surface area contributed by atoms with Crippen LogP contribution in [0.1, 0.15) is 22.6 Å². The molecule has 1 aromatic rings. The highest BCUT2D eigenvalue weighted by Crippen LogP contribution is 2.29. The Morgan fingerprint density at radius 3 is 2.69 bits per heavy atom. The summed E-state index contributed by atoms with van der Waals surface area (Å²) in [5, 5.41) is 12.3. The quantitative estimate of drug-likeness (QED) is 0.795. The van der Waals surface area contributed by atoms with E-state index in [1.165, 1.54) is 11.1 Å². The molecule has 0 radical (unpaired) electrons. The second-order valence-corrected chi connectivity index (χ2v) is 4.55. The first-order chi connectivity index (χ1) is 7.59. The van der Waals surface area contributed by atoms with Crippen LogP contribution in [0.15, 0.2) is 18.2 Å². The summed E-state index contributed by atoms with van der Waals surface area (Å²) in [6, 6.07) is 6.24. The maximum absolute atomic E-state index is 11.1. The van der Waals surface area contributed by atoms with Crippen LogP contribution < -0.4 is 5.32 Å². The van der Waals surface area contributed by atoms with Crippen molar-refractivity contribution in [2.45, 2.75) is 19.8 Å². The molecule has 2 N–H and O–H groups in total. The molecule has 0 aliphatic carbocycles. The number of benzene rings is 1. The van der Waals surface area contributed by atoms with Gasteiger partial charge in [-0.2, -0.15) is 0 Å². The highest BCUT2D eigenvalue weighted by atomic mass is 16.4. The lowest BCUT2D eigenvalue weighted by atomic mass is 9.87. The first-order valence-corrected chi connectivity index (χ1v) is 5.60. The molecule has 0 saturated carbocycles. The van der Waals surface area contributed by atoms with Crippen molar-refractivity contribution in [1.29, 1.82) is 0 Å². The van der Waals surface area contributed by atoms with Crippen LogP contribution in [0.4, 0.5) is 0 Å². The number of rotatable bonds is 2. The van der Waals surface area contributed by atoms with Crippen LogP contribution in [0.5, 0.6) is 0 Å². The van der Waals surface area contributed by atoms with E-state index in [-0.39, 0.29) is 11.8 Å². The summed E-state index contributed by atoms with van der Waals surface area (Å²) in [6.45, 7) is 5.48. The third kappa shape index (κ3) is 1.95. The molecule has 0 amide bonds. The summed E-state index contributed by atoms with van der Waals surface area (Å²) in [4.78, 5) is 11.1. The predicted octanol–water partition coefficient (Wildman–Crippen LogP) is 1.69. The molecule has 1 fully saturated rings. The van der Waals surface area contributed by atoms with Crippen LogP contribution in [0, 0.1) is 19.8 Å². The molecule has 86 valence electrons. The predicted molar refractivity (Wildman–Crippen MR) is 62.7 cm³/mol. The molecule has 0 unspecified atom stereocenters. The van der Waals surface area contributed by atoms with E-state index in [1.807, 2.05) is 0 Å². The molecule has 2 rings (SSSR count). The standard InChI is InChI=1S/C13H17NO2/c1-8-3-4-10(5-9(8)2)11-6-14-7-12(11)13(15)16/h3-5,11-12,14H,6-7H2,1-2H3,(H,15,16)/t11-,12+/m0/s1. The normalized spacial score (nSPS) is 24.6. The van der Waals surface area contributed by atoms with E-state index in [0.29, 0.717) is 6.54 Å². The average Bonchev–Trinajstić information content (AvgIpc) is 2.71. The van der Waals surface area contributed by atoms with Gasteiger partial charge in [0.15, 0.2) is 0 Å². The Bertz CT molecular complexity index is 414. The minimum atomic E-state index is -0.701. The molecule has 1 heterocycles. The van der Waals surface area contributed by atoms with Gasteiger partial charge < -0.3 is 10.4 Å². The molecule has 1 aliphatic rings. The van der Waals surface area contributed by atoms with Crippen molar-refractivity contribution < 1.29 is 9.90 Å². The molecule has 1 aromatic carbocycles. The largest absolute Gasteiger partial charge is 0.481 e. The third-order valence-electron chi connectivity index (χ3n) is 3.49. The van der Waals surface area contributed by atoms with Crippen molar-refractivity contribution in [3.05, 3.63) is 34.9 Å². The summed E-state index contributed by atoms with van der Waals surface area (Å²) >= 11 is 0. The Hall–Kier alpha value is -1.35. The highest BCUT2D eigenvalue weighted by Gasteiger charge is 2.33. The smallest absolute Gasteiger partial charge is 0.308 e. The summed E-state index contributed by atoms with van der Waals surface area (Å²) in [7, 11) is 0. The molecule has 3 nitrogen and oxygen atoms in total.